The van der Waals surface area contributed by atoms with Crippen molar-refractivity contribution in [1.29, 1.82) is 0 Å². The van der Waals surface area contributed by atoms with Gasteiger partial charge in [0, 0.05) is 26.1 Å². The van der Waals surface area contributed by atoms with Gasteiger partial charge < -0.3 is 15.0 Å². The molecule has 1 aliphatic carbocycles. The molecule has 1 N–H and O–H groups in total. The van der Waals surface area contributed by atoms with E-state index < -0.39 is 0 Å². The van der Waals surface area contributed by atoms with E-state index in [0.29, 0.717) is 6.04 Å². The molecule has 114 valence electrons. The number of amides is 1. The molecule has 1 aromatic rings. The highest BCUT2D eigenvalue weighted by Crippen LogP contribution is 2.34. The summed E-state index contributed by atoms with van der Waals surface area (Å²) in [6.07, 6.45) is 3.89. The van der Waals surface area contributed by atoms with Crippen molar-refractivity contribution in [3.63, 3.8) is 0 Å². The number of fused-ring (bicyclic) bond motifs is 1. The van der Waals surface area contributed by atoms with Gasteiger partial charge in [0.25, 0.3) is 5.91 Å². The van der Waals surface area contributed by atoms with E-state index in [-0.39, 0.29) is 12.0 Å². The van der Waals surface area contributed by atoms with Crippen LogP contribution in [-0.4, -0.2) is 37.0 Å². The van der Waals surface area contributed by atoms with Crippen LogP contribution in [0.25, 0.3) is 0 Å². The van der Waals surface area contributed by atoms with Gasteiger partial charge in [-0.05, 0) is 49.1 Å². The smallest absolute Gasteiger partial charge is 0.263 e. The molecule has 1 heterocycles. The third-order valence-corrected chi connectivity index (χ3v) is 4.49. The molecular formula is C17H24N2O2. The Morgan fingerprint density at radius 3 is 2.95 bits per heavy atom. The highest BCUT2D eigenvalue weighted by Gasteiger charge is 2.31. The fourth-order valence-electron chi connectivity index (χ4n) is 3.26. The summed E-state index contributed by atoms with van der Waals surface area (Å²) in [5.74, 6) is 0.927. The summed E-state index contributed by atoms with van der Waals surface area (Å²) in [5.41, 5.74) is 2.76. The Morgan fingerprint density at radius 1 is 1.38 bits per heavy atom. The Bertz CT molecular complexity index is 530. The van der Waals surface area contributed by atoms with Gasteiger partial charge in [-0.25, -0.2) is 0 Å². The fraction of sp³-hybridized carbons (Fsp3) is 0.588. The molecule has 3 rings (SSSR count). The number of ether oxygens (including phenoxy) is 1. The van der Waals surface area contributed by atoms with Gasteiger partial charge in [0.05, 0.1) is 0 Å². The number of benzene rings is 1. The Kier molecular flexibility index (Phi) is 4.15. The zero-order valence-electron chi connectivity index (χ0n) is 12.9. The Labute approximate surface area is 126 Å². The third kappa shape index (κ3) is 2.91. The third-order valence-electron chi connectivity index (χ3n) is 4.49. The second-order valence-electron chi connectivity index (χ2n) is 6.06. The van der Waals surface area contributed by atoms with Crippen LogP contribution in [0.1, 0.15) is 43.4 Å². The van der Waals surface area contributed by atoms with Crippen molar-refractivity contribution < 1.29 is 9.53 Å². The molecule has 0 saturated carbocycles. The minimum atomic E-state index is -0.302. The van der Waals surface area contributed by atoms with Crippen molar-refractivity contribution in [2.75, 3.05) is 20.1 Å². The first kappa shape index (κ1) is 14.4. The van der Waals surface area contributed by atoms with E-state index in [1.54, 1.807) is 4.90 Å². The van der Waals surface area contributed by atoms with Crippen LogP contribution < -0.4 is 10.1 Å². The van der Waals surface area contributed by atoms with Gasteiger partial charge in [-0.1, -0.05) is 13.0 Å². The molecule has 2 unspecified atom stereocenters. The van der Waals surface area contributed by atoms with Crippen LogP contribution in [-0.2, 0) is 11.2 Å². The molecule has 1 amide bonds. The van der Waals surface area contributed by atoms with Crippen LogP contribution in [0.3, 0.4) is 0 Å². The number of hydrogen-bond acceptors (Lipinski definition) is 3. The average Bonchev–Trinajstić information content (AvgIpc) is 3.03. The normalized spacial score (nSPS) is 24.5. The standard InChI is InChI=1S/C17H24N2O2/c1-3-9-18-15-7-4-12-11-13(5-6-14(12)15)21-16-8-10-19(2)17(16)20/h5-6,11,15-16,18H,3-4,7-10H2,1-2H3. The molecule has 1 fully saturated rings. The lowest BCUT2D eigenvalue weighted by Gasteiger charge is -2.16. The molecule has 0 spiro atoms. The number of nitrogens with one attached hydrogen (secondary N) is 1. The highest BCUT2D eigenvalue weighted by molar-refractivity contribution is 5.83. The number of nitrogens with zero attached hydrogens (tertiary/aromatic N) is 1. The summed E-state index contributed by atoms with van der Waals surface area (Å²) in [7, 11) is 1.83. The molecule has 2 atom stereocenters. The quantitative estimate of drug-likeness (QED) is 0.904. The summed E-state index contributed by atoms with van der Waals surface area (Å²) >= 11 is 0. The maximum atomic E-state index is 11.9. The number of rotatable bonds is 5. The van der Waals surface area contributed by atoms with E-state index in [1.807, 2.05) is 13.1 Å². The second-order valence-corrected chi connectivity index (χ2v) is 6.06. The van der Waals surface area contributed by atoms with Crippen molar-refractivity contribution in [2.45, 2.75) is 44.8 Å². The molecule has 2 aliphatic rings. The molecule has 0 radical (unpaired) electrons. The number of likely N-dealkylation sites (N-methyl/N-ethyl adjacent to an activating group) is 1. The summed E-state index contributed by atoms with van der Waals surface area (Å²) < 4.78 is 5.89. The van der Waals surface area contributed by atoms with E-state index in [4.69, 9.17) is 4.74 Å². The van der Waals surface area contributed by atoms with Crippen molar-refractivity contribution in [2.24, 2.45) is 0 Å². The number of aryl methyl sites for hydroxylation is 1. The van der Waals surface area contributed by atoms with Crippen molar-refractivity contribution in [1.82, 2.24) is 10.2 Å². The van der Waals surface area contributed by atoms with Gasteiger partial charge in [0.1, 0.15) is 5.75 Å². The van der Waals surface area contributed by atoms with Crippen molar-refractivity contribution >= 4 is 5.91 Å². The van der Waals surface area contributed by atoms with E-state index in [9.17, 15) is 4.79 Å². The first-order valence-corrected chi connectivity index (χ1v) is 7.97. The monoisotopic (exact) mass is 288 g/mol. The number of likely N-dealkylation sites (tertiary alicyclic amines) is 1. The Morgan fingerprint density at radius 2 is 2.24 bits per heavy atom. The van der Waals surface area contributed by atoms with Gasteiger partial charge in [-0.3, -0.25) is 4.79 Å². The summed E-state index contributed by atoms with van der Waals surface area (Å²) in [5, 5.41) is 3.59. The van der Waals surface area contributed by atoms with Gasteiger partial charge >= 0.3 is 0 Å². The lowest BCUT2D eigenvalue weighted by Crippen LogP contribution is -2.29. The Balaban J connectivity index is 1.68. The topological polar surface area (TPSA) is 41.6 Å². The first-order valence-electron chi connectivity index (χ1n) is 7.97. The van der Waals surface area contributed by atoms with Crippen LogP contribution >= 0.6 is 0 Å². The van der Waals surface area contributed by atoms with E-state index in [0.717, 1.165) is 44.5 Å². The number of carbonyl (C=O) groups excluding carboxylic acids is 1. The summed E-state index contributed by atoms with van der Waals surface area (Å²) in [6, 6.07) is 6.77. The van der Waals surface area contributed by atoms with E-state index in [2.05, 4.69) is 24.4 Å². The molecule has 0 bridgehead atoms. The first-order chi connectivity index (χ1) is 10.2. The SMILES string of the molecule is CCCNC1CCc2cc(OC3CCN(C)C3=O)ccc21. The molecule has 1 saturated heterocycles. The average molecular weight is 288 g/mol. The predicted molar refractivity (Wildman–Crippen MR) is 82.5 cm³/mol. The van der Waals surface area contributed by atoms with Crippen LogP contribution in [0.15, 0.2) is 18.2 Å². The van der Waals surface area contributed by atoms with Gasteiger partial charge in [-0.15, -0.1) is 0 Å². The largest absolute Gasteiger partial charge is 0.481 e. The van der Waals surface area contributed by atoms with E-state index in [1.165, 1.54) is 11.1 Å². The van der Waals surface area contributed by atoms with Crippen LogP contribution in [0.5, 0.6) is 5.75 Å². The lowest BCUT2D eigenvalue weighted by atomic mass is 10.1. The van der Waals surface area contributed by atoms with Crippen LogP contribution in [0.4, 0.5) is 0 Å². The van der Waals surface area contributed by atoms with Gasteiger partial charge in [0.2, 0.25) is 0 Å². The molecule has 21 heavy (non-hydrogen) atoms. The van der Waals surface area contributed by atoms with Gasteiger partial charge in [-0.2, -0.15) is 0 Å². The second kappa shape index (κ2) is 6.06. The van der Waals surface area contributed by atoms with Crippen molar-refractivity contribution in [3.05, 3.63) is 29.3 Å². The maximum absolute atomic E-state index is 11.9. The lowest BCUT2D eigenvalue weighted by molar-refractivity contribution is -0.132. The number of carbonyl (C=O) groups is 1. The molecule has 4 nitrogen and oxygen atoms in total. The predicted octanol–water partition coefficient (Wildman–Crippen LogP) is 2.28. The fourth-order valence-corrected chi connectivity index (χ4v) is 3.26. The molecular weight excluding hydrogens is 264 g/mol. The summed E-state index contributed by atoms with van der Waals surface area (Å²) in [4.78, 5) is 13.6. The molecule has 0 aromatic heterocycles. The summed E-state index contributed by atoms with van der Waals surface area (Å²) in [6.45, 7) is 4.04. The minimum Gasteiger partial charge on any atom is -0.481 e. The molecule has 4 heteroatoms. The Hall–Kier alpha value is -1.55. The van der Waals surface area contributed by atoms with Gasteiger partial charge in [0.15, 0.2) is 6.10 Å². The maximum Gasteiger partial charge on any atom is 0.263 e. The zero-order chi connectivity index (χ0) is 14.8. The molecule has 1 aromatic carbocycles. The zero-order valence-corrected chi connectivity index (χ0v) is 12.9. The van der Waals surface area contributed by atoms with E-state index >= 15 is 0 Å². The highest BCUT2D eigenvalue weighted by atomic mass is 16.5. The van der Waals surface area contributed by atoms with Crippen molar-refractivity contribution in [3.8, 4) is 5.75 Å². The number of hydrogen-bond donors (Lipinski definition) is 1. The van der Waals surface area contributed by atoms with Crippen LogP contribution in [0.2, 0.25) is 0 Å². The minimum absolute atomic E-state index is 0.0954. The van der Waals surface area contributed by atoms with Crippen LogP contribution in [0, 0.1) is 0 Å². The molecule has 1 aliphatic heterocycles.